The van der Waals surface area contributed by atoms with Gasteiger partial charge in [-0.2, -0.15) is 9.97 Å². The van der Waals surface area contributed by atoms with Crippen molar-refractivity contribution >= 4 is 47.4 Å². The Hall–Kier alpha value is -3.67. The Kier molecular flexibility index (Phi) is 8.41. The molecule has 3 aromatic rings. The van der Waals surface area contributed by atoms with E-state index in [9.17, 15) is 8.78 Å². The van der Waals surface area contributed by atoms with Gasteiger partial charge in [-0.15, -0.1) is 0 Å². The van der Waals surface area contributed by atoms with E-state index in [-0.39, 0.29) is 23.5 Å². The van der Waals surface area contributed by atoms with E-state index < -0.39 is 13.0 Å². The molecule has 0 radical (unpaired) electrons. The Morgan fingerprint density at radius 2 is 1.97 bits per heavy atom. The maximum atomic E-state index is 12.6. The number of rotatable bonds is 11. The van der Waals surface area contributed by atoms with Crippen LogP contribution in [0.2, 0.25) is 0 Å². The quantitative estimate of drug-likeness (QED) is 0.280. The molecule has 34 heavy (non-hydrogen) atoms. The maximum absolute atomic E-state index is 12.6. The lowest BCUT2D eigenvalue weighted by molar-refractivity contribution is 0.0781. The van der Waals surface area contributed by atoms with Crippen molar-refractivity contribution in [1.82, 2.24) is 15.0 Å². The van der Waals surface area contributed by atoms with Crippen LogP contribution in [-0.4, -0.2) is 55.1 Å². The Balaban J connectivity index is 1.90. The Bertz CT molecular complexity index is 1200. The SMILES string of the molecule is C=N/C(=C(/C)N=CC)c1cccc2c(SNc3nc(OC)c(OCC(F)F)c(OC)n3)c[nH]c12. The third kappa shape index (κ3) is 5.45. The lowest BCUT2D eigenvalue weighted by Crippen LogP contribution is -2.11. The number of hydrogen-bond donors (Lipinski definition) is 2. The molecule has 0 aliphatic carbocycles. The number of ether oxygens (including phenoxy) is 3. The van der Waals surface area contributed by atoms with E-state index in [1.54, 1.807) is 6.21 Å². The fourth-order valence-corrected chi connectivity index (χ4v) is 3.85. The lowest BCUT2D eigenvalue weighted by atomic mass is 10.1. The van der Waals surface area contributed by atoms with Crippen LogP contribution in [0.3, 0.4) is 0 Å². The van der Waals surface area contributed by atoms with E-state index in [1.807, 2.05) is 38.2 Å². The van der Waals surface area contributed by atoms with E-state index in [4.69, 9.17) is 14.2 Å². The highest BCUT2D eigenvalue weighted by Gasteiger charge is 2.20. The number of hydrogen-bond acceptors (Lipinski definition) is 9. The van der Waals surface area contributed by atoms with Crippen molar-refractivity contribution in [2.75, 3.05) is 25.5 Å². The number of benzene rings is 1. The zero-order valence-electron chi connectivity index (χ0n) is 19.1. The van der Waals surface area contributed by atoms with Crippen molar-refractivity contribution in [2.24, 2.45) is 9.98 Å². The molecular formula is C22H24F2N6O3S. The van der Waals surface area contributed by atoms with Gasteiger partial charge in [0.1, 0.15) is 6.61 Å². The fourth-order valence-electron chi connectivity index (χ4n) is 3.16. The minimum Gasteiger partial charge on any atom is -0.478 e. The number of aliphatic imine (C=N–C) groups is 2. The van der Waals surface area contributed by atoms with E-state index in [1.165, 1.54) is 26.2 Å². The first-order valence-corrected chi connectivity index (χ1v) is 10.9. The van der Waals surface area contributed by atoms with Crippen LogP contribution in [0.15, 0.2) is 45.0 Å². The molecule has 0 spiro atoms. The molecule has 0 saturated heterocycles. The molecule has 0 fully saturated rings. The van der Waals surface area contributed by atoms with Gasteiger partial charge in [0.2, 0.25) is 11.7 Å². The zero-order valence-corrected chi connectivity index (χ0v) is 19.9. The molecule has 0 aliphatic heterocycles. The predicted molar refractivity (Wildman–Crippen MR) is 131 cm³/mol. The first-order valence-electron chi connectivity index (χ1n) is 10.0. The number of para-hydroxylation sites is 1. The van der Waals surface area contributed by atoms with Gasteiger partial charge >= 0.3 is 0 Å². The largest absolute Gasteiger partial charge is 0.478 e. The van der Waals surface area contributed by atoms with Crippen LogP contribution in [0.5, 0.6) is 17.5 Å². The summed E-state index contributed by atoms with van der Waals surface area (Å²) in [6.07, 6.45) is 0.866. The number of halogens is 2. The van der Waals surface area contributed by atoms with Gasteiger partial charge in [0, 0.05) is 23.4 Å². The van der Waals surface area contributed by atoms with Crippen LogP contribution in [0.1, 0.15) is 19.4 Å². The number of alkyl halides is 2. The molecule has 2 heterocycles. The molecule has 3 rings (SSSR count). The summed E-state index contributed by atoms with van der Waals surface area (Å²) < 4.78 is 43.6. The van der Waals surface area contributed by atoms with E-state index in [2.05, 4.69) is 36.4 Å². The van der Waals surface area contributed by atoms with Crippen LogP contribution in [0.25, 0.3) is 16.6 Å². The number of aromatic nitrogens is 3. The molecule has 9 nitrogen and oxygen atoms in total. The topological polar surface area (TPSA) is 106 Å². The second kappa shape index (κ2) is 11.5. The normalized spacial score (nSPS) is 12.2. The number of nitrogens with one attached hydrogen (secondary N) is 2. The number of H-pyrrole nitrogens is 1. The summed E-state index contributed by atoms with van der Waals surface area (Å²) in [5.41, 5.74) is 3.15. The highest BCUT2D eigenvalue weighted by atomic mass is 32.2. The second-order valence-corrected chi connectivity index (χ2v) is 7.51. The van der Waals surface area contributed by atoms with E-state index in [0.717, 1.165) is 27.1 Å². The fraction of sp³-hybridized carbons (Fsp3) is 0.273. The average Bonchev–Trinajstić information content (AvgIpc) is 3.25. The van der Waals surface area contributed by atoms with Gasteiger partial charge in [0.05, 0.1) is 36.0 Å². The molecular weight excluding hydrogens is 466 g/mol. The van der Waals surface area contributed by atoms with Crippen LogP contribution < -0.4 is 18.9 Å². The molecule has 0 saturated carbocycles. The summed E-state index contributed by atoms with van der Waals surface area (Å²) in [4.78, 5) is 21.0. The monoisotopic (exact) mass is 490 g/mol. The lowest BCUT2D eigenvalue weighted by Gasteiger charge is -2.14. The predicted octanol–water partition coefficient (Wildman–Crippen LogP) is 5.22. The molecule has 180 valence electrons. The molecule has 0 atom stereocenters. The van der Waals surface area contributed by atoms with Crippen LogP contribution in [-0.2, 0) is 0 Å². The van der Waals surface area contributed by atoms with Crippen molar-refractivity contribution in [1.29, 1.82) is 0 Å². The molecule has 12 heteroatoms. The number of aromatic amines is 1. The average molecular weight is 491 g/mol. The standard InChI is InChI=1S/C22H24F2N6O3S/c1-6-26-12(2)17(25-3)14-9-7-8-13-15(10-27-18(13)14)34-30-22-28-20(31-4)19(21(29-22)32-5)33-11-16(23)24/h6-10,16,27H,3,11H2,1-2,4-5H3,(H,28,29,30)/b17-12-,26-6?. The summed E-state index contributed by atoms with van der Waals surface area (Å²) >= 11 is 1.25. The van der Waals surface area contributed by atoms with Gasteiger partial charge in [-0.25, -0.2) is 8.78 Å². The third-order valence-corrected chi connectivity index (χ3v) is 5.39. The number of nitrogens with zero attached hydrogens (tertiary/aromatic N) is 4. The molecule has 0 aliphatic rings. The third-order valence-electron chi connectivity index (χ3n) is 4.55. The number of allylic oxidation sites excluding steroid dienone is 1. The number of fused-ring (bicyclic) bond motifs is 1. The summed E-state index contributed by atoms with van der Waals surface area (Å²) in [5, 5.41) is 0.931. The van der Waals surface area contributed by atoms with Gasteiger partial charge in [0.25, 0.3) is 18.2 Å². The summed E-state index contributed by atoms with van der Waals surface area (Å²) in [5.74, 6) is -0.0137. The highest BCUT2D eigenvalue weighted by molar-refractivity contribution is 8.00. The smallest absolute Gasteiger partial charge is 0.272 e. The van der Waals surface area contributed by atoms with Gasteiger partial charge in [-0.3, -0.25) is 14.7 Å². The Morgan fingerprint density at radius 3 is 2.56 bits per heavy atom. The molecule has 0 bridgehead atoms. The van der Waals surface area contributed by atoms with E-state index in [0.29, 0.717) is 5.70 Å². The molecule has 1 aromatic carbocycles. The summed E-state index contributed by atoms with van der Waals surface area (Å²) in [7, 11) is 2.69. The van der Waals surface area contributed by atoms with Crippen LogP contribution >= 0.6 is 11.9 Å². The van der Waals surface area contributed by atoms with Gasteiger partial charge in [-0.1, -0.05) is 18.2 Å². The first-order chi connectivity index (χ1) is 16.4. The van der Waals surface area contributed by atoms with Gasteiger partial charge < -0.3 is 19.2 Å². The van der Waals surface area contributed by atoms with Crippen molar-refractivity contribution in [3.8, 4) is 17.5 Å². The van der Waals surface area contributed by atoms with Crippen molar-refractivity contribution in [3.05, 3.63) is 35.7 Å². The van der Waals surface area contributed by atoms with E-state index >= 15 is 0 Å². The maximum Gasteiger partial charge on any atom is 0.272 e. The van der Waals surface area contributed by atoms with Crippen LogP contribution in [0.4, 0.5) is 14.7 Å². The minimum absolute atomic E-state index is 0.0318. The summed E-state index contributed by atoms with van der Waals surface area (Å²) in [6, 6.07) is 5.82. The Morgan fingerprint density at radius 1 is 1.26 bits per heavy atom. The van der Waals surface area contributed by atoms with Crippen molar-refractivity contribution in [3.63, 3.8) is 0 Å². The van der Waals surface area contributed by atoms with Crippen LogP contribution in [0, 0.1) is 0 Å². The van der Waals surface area contributed by atoms with Gasteiger partial charge in [-0.05, 0) is 32.5 Å². The second-order valence-electron chi connectivity index (χ2n) is 6.66. The number of methoxy groups -OCH3 is 2. The molecule has 2 aromatic heterocycles. The molecule has 0 amide bonds. The van der Waals surface area contributed by atoms with Gasteiger partial charge in [0.15, 0.2) is 0 Å². The number of anilines is 1. The first kappa shape index (κ1) is 25.0. The highest BCUT2D eigenvalue weighted by Crippen LogP contribution is 2.37. The minimum atomic E-state index is -2.67. The molecule has 0 unspecified atom stereocenters. The van der Waals surface area contributed by atoms with Crippen molar-refractivity contribution in [2.45, 2.75) is 25.2 Å². The molecule has 2 N–H and O–H groups in total. The summed E-state index contributed by atoms with van der Waals surface area (Å²) in [6.45, 7) is 6.56. The zero-order chi connectivity index (χ0) is 24.7. The Labute approximate surface area is 199 Å². The van der Waals surface area contributed by atoms with Crippen molar-refractivity contribution < 1.29 is 23.0 Å².